The predicted octanol–water partition coefficient (Wildman–Crippen LogP) is 5.78. The molecule has 0 saturated heterocycles. The van der Waals surface area contributed by atoms with Gasteiger partial charge in [-0.25, -0.2) is 9.18 Å². The normalized spacial score (nSPS) is 13.3. The molecule has 1 aromatic heterocycles. The molecule has 0 bridgehead atoms. The molecule has 2 amide bonds. The maximum absolute atomic E-state index is 14.1. The Morgan fingerprint density at radius 1 is 1.16 bits per heavy atom. The van der Waals surface area contributed by atoms with E-state index in [0.717, 1.165) is 27.8 Å². The molecule has 0 aliphatic carbocycles. The van der Waals surface area contributed by atoms with E-state index in [0.29, 0.717) is 36.3 Å². The summed E-state index contributed by atoms with van der Waals surface area (Å²) in [6.07, 6.45) is 0.205. The first-order valence-corrected chi connectivity index (χ1v) is 14.3. The number of H-pyrrole nitrogens is 1. The van der Waals surface area contributed by atoms with Crippen LogP contribution < -0.4 is 5.32 Å². The Labute approximate surface area is 223 Å². The number of carbonyl (C=O) groups excluding carboxylic acids is 3. The lowest BCUT2D eigenvalue weighted by Crippen LogP contribution is -2.27. The number of hydrogen-bond donors (Lipinski definition) is 2. The van der Waals surface area contributed by atoms with Gasteiger partial charge >= 0.3 is 6.09 Å². The Balaban J connectivity index is 1.37. The first-order valence-electron chi connectivity index (χ1n) is 12.0. The SMILES string of the molecule is CN(Cc1ccc(-c2[nH]c3cc(F)cc4c3c2CCNC4=O)cc1)C(=O)OCCSSC(=O)C(C)(C)C. The minimum Gasteiger partial charge on any atom is -0.449 e. The molecule has 0 unspecified atom stereocenters. The number of aromatic amines is 1. The fraction of sp³-hybridized carbons (Fsp3) is 0.370. The molecule has 2 aromatic carbocycles. The zero-order valence-corrected chi connectivity index (χ0v) is 22.9. The van der Waals surface area contributed by atoms with Crippen molar-refractivity contribution in [1.82, 2.24) is 15.2 Å². The third-order valence-electron chi connectivity index (χ3n) is 5.98. The van der Waals surface area contributed by atoms with Crippen LogP contribution in [0.3, 0.4) is 0 Å². The number of amides is 2. The van der Waals surface area contributed by atoms with Crippen molar-refractivity contribution < 1.29 is 23.5 Å². The average Bonchev–Trinajstić information content (AvgIpc) is 3.11. The van der Waals surface area contributed by atoms with E-state index in [2.05, 4.69) is 10.3 Å². The lowest BCUT2D eigenvalue weighted by molar-refractivity contribution is -0.117. The number of ether oxygens (including phenoxy) is 1. The summed E-state index contributed by atoms with van der Waals surface area (Å²) < 4.78 is 19.5. The van der Waals surface area contributed by atoms with Crippen LogP contribution in [-0.2, 0) is 22.5 Å². The minimum atomic E-state index is -0.458. The number of nitrogens with zero attached hydrogens (tertiary/aromatic N) is 1. The van der Waals surface area contributed by atoms with E-state index in [1.165, 1.54) is 38.6 Å². The Morgan fingerprint density at radius 3 is 2.59 bits per heavy atom. The van der Waals surface area contributed by atoms with Crippen LogP contribution >= 0.6 is 21.6 Å². The van der Waals surface area contributed by atoms with Crippen LogP contribution in [0.2, 0.25) is 0 Å². The molecule has 0 fully saturated rings. The van der Waals surface area contributed by atoms with Gasteiger partial charge in [-0.05, 0) is 46.0 Å². The molecule has 0 radical (unpaired) electrons. The first-order chi connectivity index (χ1) is 17.5. The van der Waals surface area contributed by atoms with Crippen LogP contribution in [-0.4, -0.2) is 53.0 Å². The molecule has 37 heavy (non-hydrogen) atoms. The van der Waals surface area contributed by atoms with Crippen molar-refractivity contribution in [3.8, 4) is 11.3 Å². The van der Waals surface area contributed by atoms with Gasteiger partial charge in [-0.1, -0.05) is 55.8 Å². The van der Waals surface area contributed by atoms with Crippen molar-refractivity contribution in [1.29, 1.82) is 0 Å². The van der Waals surface area contributed by atoms with Gasteiger partial charge in [0, 0.05) is 47.9 Å². The molecule has 7 nitrogen and oxygen atoms in total. The summed E-state index contributed by atoms with van der Waals surface area (Å²) in [6.45, 7) is 6.69. The van der Waals surface area contributed by atoms with Crippen molar-refractivity contribution in [3.63, 3.8) is 0 Å². The lowest BCUT2D eigenvalue weighted by Gasteiger charge is -2.17. The molecule has 2 heterocycles. The highest BCUT2D eigenvalue weighted by Gasteiger charge is 2.24. The van der Waals surface area contributed by atoms with Gasteiger partial charge in [0.15, 0.2) is 0 Å². The van der Waals surface area contributed by atoms with Crippen molar-refractivity contribution in [2.45, 2.75) is 33.7 Å². The summed E-state index contributed by atoms with van der Waals surface area (Å²) >= 11 is 0. The number of carbonyl (C=O) groups is 3. The van der Waals surface area contributed by atoms with Crippen LogP contribution in [0, 0.1) is 11.2 Å². The van der Waals surface area contributed by atoms with E-state index in [-0.39, 0.29) is 17.6 Å². The zero-order chi connectivity index (χ0) is 26.7. The number of halogens is 1. The number of hydrogen-bond acceptors (Lipinski definition) is 6. The van der Waals surface area contributed by atoms with Crippen LogP contribution in [0.5, 0.6) is 0 Å². The van der Waals surface area contributed by atoms with Gasteiger partial charge in [0.1, 0.15) is 12.4 Å². The highest BCUT2D eigenvalue weighted by Crippen LogP contribution is 2.35. The summed E-state index contributed by atoms with van der Waals surface area (Å²) in [6, 6.07) is 10.5. The quantitative estimate of drug-likeness (QED) is 0.290. The smallest absolute Gasteiger partial charge is 0.409 e. The second kappa shape index (κ2) is 11.2. The van der Waals surface area contributed by atoms with Crippen molar-refractivity contribution in [3.05, 3.63) is 58.9 Å². The van der Waals surface area contributed by atoms with Gasteiger partial charge < -0.3 is 19.9 Å². The topological polar surface area (TPSA) is 91.5 Å². The Hall–Kier alpha value is -2.98. The summed E-state index contributed by atoms with van der Waals surface area (Å²) in [5, 5.41) is 3.68. The maximum Gasteiger partial charge on any atom is 0.409 e. The fourth-order valence-corrected chi connectivity index (χ4v) is 6.16. The molecule has 4 rings (SSSR count). The number of benzene rings is 2. The lowest BCUT2D eigenvalue weighted by atomic mass is 9.99. The summed E-state index contributed by atoms with van der Waals surface area (Å²) in [4.78, 5) is 41.5. The third-order valence-corrected chi connectivity index (χ3v) is 8.51. The highest BCUT2D eigenvalue weighted by molar-refractivity contribution is 8.82. The van der Waals surface area contributed by atoms with Gasteiger partial charge in [0.25, 0.3) is 5.91 Å². The second-order valence-electron chi connectivity index (χ2n) is 9.97. The average molecular weight is 544 g/mol. The fourth-order valence-electron chi connectivity index (χ4n) is 4.05. The highest BCUT2D eigenvalue weighted by atomic mass is 33.1. The summed E-state index contributed by atoms with van der Waals surface area (Å²) in [7, 11) is 4.24. The molecule has 196 valence electrons. The number of rotatable bonds is 7. The molecule has 0 spiro atoms. The van der Waals surface area contributed by atoms with E-state index in [9.17, 15) is 18.8 Å². The molecular weight excluding hydrogens is 513 g/mol. The summed E-state index contributed by atoms with van der Waals surface area (Å²) in [5.74, 6) is -0.199. The molecule has 0 atom stereocenters. The Kier molecular flexibility index (Phi) is 8.18. The maximum atomic E-state index is 14.1. The van der Waals surface area contributed by atoms with Crippen molar-refractivity contribution in [2.24, 2.45) is 5.41 Å². The first kappa shape index (κ1) is 27.1. The predicted molar refractivity (Wildman–Crippen MR) is 147 cm³/mol. The van der Waals surface area contributed by atoms with Crippen LogP contribution in [0.15, 0.2) is 36.4 Å². The molecule has 0 saturated carbocycles. The molecule has 1 aliphatic rings. The largest absolute Gasteiger partial charge is 0.449 e. The molecule has 1 aliphatic heterocycles. The van der Waals surface area contributed by atoms with Crippen molar-refractivity contribution >= 4 is 49.6 Å². The van der Waals surface area contributed by atoms with Crippen molar-refractivity contribution in [2.75, 3.05) is 26.0 Å². The second-order valence-corrected chi connectivity index (χ2v) is 12.4. The van der Waals surface area contributed by atoms with E-state index in [1.807, 2.05) is 45.0 Å². The van der Waals surface area contributed by atoms with E-state index in [1.54, 1.807) is 7.05 Å². The minimum absolute atomic E-state index is 0.0921. The van der Waals surface area contributed by atoms with Gasteiger partial charge in [-0.3, -0.25) is 9.59 Å². The van der Waals surface area contributed by atoms with Gasteiger partial charge in [-0.15, -0.1) is 0 Å². The van der Waals surface area contributed by atoms with Gasteiger partial charge in [0.05, 0.1) is 5.56 Å². The summed E-state index contributed by atoms with van der Waals surface area (Å²) in [5.41, 5.74) is 4.23. The monoisotopic (exact) mass is 543 g/mol. The molecule has 10 heteroatoms. The standard InChI is InChI=1S/C27H30FN3O4S2/c1-27(2,3)25(33)37-36-12-11-35-26(34)31(4)15-16-5-7-17(8-6-16)23-19-9-10-29-24(32)20-13-18(28)14-21(30-23)22(19)20/h5-8,13-14,30H,9-12,15H2,1-4H3,(H,29,32). The van der Waals surface area contributed by atoms with E-state index < -0.39 is 17.3 Å². The van der Waals surface area contributed by atoms with Crippen LogP contribution in [0.4, 0.5) is 9.18 Å². The third kappa shape index (κ3) is 6.30. The Morgan fingerprint density at radius 2 is 1.89 bits per heavy atom. The number of nitrogens with one attached hydrogen (secondary N) is 2. The zero-order valence-electron chi connectivity index (χ0n) is 21.3. The molecule has 3 aromatic rings. The van der Waals surface area contributed by atoms with E-state index in [4.69, 9.17) is 4.74 Å². The van der Waals surface area contributed by atoms with Crippen LogP contribution in [0.25, 0.3) is 22.2 Å². The van der Waals surface area contributed by atoms with E-state index >= 15 is 0 Å². The van der Waals surface area contributed by atoms with Gasteiger partial charge in [-0.2, -0.15) is 0 Å². The molecular formula is C27H30FN3O4S2. The number of aromatic nitrogens is 1. The van der Waals surface area contributed by atoms with Crippen LogP contribution in [0.1, 0.15) is 42.3 Å². The molecule has 2 N–H and O–H groups in total. The van der Waals surface area contributed by atoms with Gasteiger partial charge in [0.2, 0.25) is 5.12 Å². The Bertz CT molecular complexity index is 1330.